The number of hydrogen-bond donors (Lipinski definition) is 1. The van der Waals surface area contributed by atoms with E-state index in [1.807, 2.05) is 11.5 Å². The molecule has 1 N–H and O–H groups in total. The topological polar surface area (TPSA) is 23.2 Å². The first kappa shape index (κ1) is 4.78. The van der Waals surface area contributed by atoms with Gasteiger partial charge in [0.1, 0.15) is 6.72 Å². The second-order valence-corrected chi connectivity index (χ2v) is 2.48. The third kappa shape index (κ3) is 0.800. The van der Waals surface area contributed by atoms with Crippen LogP contribution in [0.1, 0.15) is 6.92 Å². The molecule has 1 aliphatic heterocycles. The van der Waals surface area contributed by atoms with Gasteiger partial charge in [0.2, 0.25) is 0 Å². The van der Waals surface area contributed by atoms with Gasteiger partial charge >= 0.3 is 0 Å². The highest BCUT2D eigenvalue weighted by atomic mass is 16.3. The van der Waals surface area contributed by atoms with Crippen LogP contribution in [0, 0.1) is 0 Å². The Morgan fingerprint density at radius 3 is 2.14 bits per heavy atom. The van der Waals surface area contributed by atoms with E-state index >= 15 is 0 Å². The van der Waals surface area contributed by atoms with Crippen molar-refractivity contribution in [2.24, 2.45) is 0 Å². The number of rotatable bonds is 0. The fourth-order valence-corrected chi connectivity index (χ4v) is 0.917. The lowest BCUT2D eigenvalue weighted by atomic mass is 10.00. The largest absolute Gasteiger partial charge is 0.378 e. The summed E-state index contributed by atoms with van der Waals surface area (Å²) in [4.78, 5) is 0. The Labute approximate surface area is 43.1 Å². The molecule has 40 valence electrons. The van der Waals surface area contributed by atoms with Crippen molar-refractivity contribution in [3.63, 3.8) is 0 Å². The first-order valence-electron chi connectivity index (χ1n) is 2.38. The molecule has 2 heteroatoms. The Hall–Kier alpha value is -0.370. The molecule has 0 bridgehead atoms. The van der Waals surface area contributed by atoms with E-state index in [0.29, 0.717) is 13.1 Å². The Bertz CT molecular complexity index is 96.6. The summed E-state index contributed by atoms with van der Waals surface area (Å²) in [5, 5.41) is 9.00. The number of aliphatic hydroxyl groups is 1. The van der Waals surface area contributed by atoms with E-state index in [1.165, 1.54) is 0 Å². The minimum absolute atomic E-state index is 0.443. The molecule has 7 heavy (non-hydrogen) atoms. The van der Waals surface area contributed by atoms with Crippen LogP contribution in [0.25, 0.3) is 0 Å². The molecule has 1 heterocycles. The van der Waals surface area contributed by atoms with Crippen molar-refractivity contribution in [1.82, 2.24) is 0 Å². The Morgan fingerprint density at radius 1 is 1.71 bits per heavy atom. The third-order valence-corrected chi connectivity index (χ3v) is 1.13. The molecule has 0 atom stereocenters. The summed E-state index contributed by atoms with van der Waals surface area (Å²) < 4.78 is 1.83. The summed E-state index contributed by atoms with van der Waals surface area (Å²) in [6, 6.07) is 0. The minimum Gasteiger partial charge on any atom is -0.378 e. The summed E-state index contributed by atoms with van der Waals surface area (Å²) in [7, 11) is 0. The van der Waals surface area contributed by atoms with Gasteiger partial charge in [-0.25, -0.2) is 4.58 Å². The second kappa shape index (κ2) is 1.07. The molecular formula is C5H10NO+. The maximum absolute atomic E-state index is 9.00. The highest BCUT2D eigenvalue weighted by molar-refractivity contribution is 5.16. The lowest BCUT2D eigenvalue weighted by Crippen LogP contribution is -2.54. The van der Waals surface area contributed by atoms with Gasteiger partial charge in [0.25, 0.3) is 0 Å². The van der Waals surface area contributed by atoms with Crippen LogP contribution in [-0.2, 0) is 0 Å². The standard InChI is InChI=1S/C5H10NO/c1-5(7)3-6(2)4-5/h7H,2-4H2,1H3/q+1. The highest BCUT2D eigenvalue weighted by Crippen LogP contribution is 2.12. The highest BCUT2D eigenvalue weighted by Gasteiger charge is 2.40. The molecule has 0 saturated carbocycles. The van der Waals surface area contributed by atoms with E-state index < -0.39 is 5.60 Å². The van der Waals surface area contributed by atoms with E-state index in [2.05, 4.69) is 6.72 Å². The van der Waals surface area contributed by atoms with Gasteiger partial charge in [-0.2, -0.15) is 0 Å². The van der Waals surface area contributed by atoms with Gasteiger partial charge in [0, 0.05) is 0 Å². The zero-order valence-corrected chi connectivity index (χ0v) is 4.52. The summed E-state index contributed by atoms with van der Waals surface area (Å²) in [5.74, 6) is 0. The van der Waals surface area contributed by atoms with Gasteiger partial charge in [-0.05, 0) is 6.92 Å². The second-order valence-electron chi connectivity index (χ2n) is 2.48. The maximum atomic E-state index is 9.00. The van der Waals surface area contributed by atoms with E-state index in [1.54, 1.807) is 0 Å². The molecule has 1 rings (SSSR count). The first-order valence-corrected chi connectivity index (χ1v) is 2.38. The molecule has 0 aromatic heterocycles. The fourth-order valence-electron chi connectivity index (χ4n) is 0.917. The maximum Gasteiger partial charge on any atom is 0.178 e. The lowest BCUT2D eigenvalue weighted by Gasteiger charge is -2.27. The van der Waals surface area contributed by atoms with E-state index in [9.17, 15) is 0 Å². The zero-order chi connectivity index (χ0) is 5.49. The SMILES string of the molecule is C=[N+]1CC(C)(O)C1. The van der Waals surface area contributed by atoms with Crippen LogP contribution in [0.2, 0.25) is 0 Å². The predicted octanol–water partition coefficient (Wildman–Crippen LogP) is -0.536. The molecule has 0 unspecified atom stereocenters. The molecule has 0 aromatic carbocycles. The van der Waals surface area contributed by atoms with E-state index in [-0.39, 0.29) is 0 Å². The fraction of sp³-hybridized carbons (Fsp3) is 0.800. The monoisotopic (exact) mass is 100 g/mol. The molecule has 0 radical (unpaired) electrons. The quantitative estimate of drug-likeness (QED) is 0.406. The van der Waals surface area contributed by atoms with Crippen LogP contribution in [0.4, 0.5) is 0 Å². The van der Waals surface area contributed by atoms with Crippen molar-refractivity contribution in [1.29, 1.82) is 0 Å². The van der Waals surface area contributed by atoms with Crippen LogP contribution < -0.4 is 0 Å². The van der Waals surface area contributed by atoms with Gasteiger partial charge in [-0.15, -0.1) is 0 Å². The van der Waals surface area contributed by atoms with Gasteiger partial charge < -0.3 is 5.11 Å². The Balaban J connectivity index is 2.43. The van der Waals surface area contributed by atoms with Gasteiger partial charge in [-0.3, -0.25) is 0 Å². The number of β-amino-alcohol motifs (C(OH)–C–C–N with tert-alkyl or cyclic N) is 1. The van der Waals surface area contributed by atoms with Crippen molar-refractivity contribution in [2.75, 3.05) is 13.1 Å². The van der Waals surface area contributed by atoms with Crippen LogP contribution in [0.3, 0.4) is 0 Å². The summed E-state index contributed by atoms with van der Waals surface area (Å²) in [5.41, 5.74) is -0.443. The average Bonchev–Trinajstić information content (AvgIpc) is 1.27. The third-order valence-electron chi connectivity index (χ3n) is 1.13. The van der Waals surface area contributed by atoms with Crippen molar-refractivity contribution < 1.29 is 9.68 Å². The molecule has 0 amide bonds. The average molecular weight is 100 g/mol. The molecule has 0 aromatic rings. The van der Waals surface area contributed by atoms with E-state index in [4.69, 9.17) is 5.11 Å². The zero-order valence-electron chi connectivity index (χ0n) is 4.52. The van der Waals surface area contributed by atoms with Crippen LogP contribution in [0.15, 0.2) is 0 Å². The number of hydrogen-bond acceptors (Lipinski definition) is 1. The minimum atomic E-state index is -0.443. The smallest absolute Gasteiger partial charge is 0.178 e. The molecule has 1 saturated heterocycles. The molecule has 1 aliphatic rings. The molecular weight excluding hydrogens is 90.1 g/mol. The van der Waals surface area contributed by atoms with Crippen molar-refractivity contribution in [3.05, 3.63) is 0 Å². The normalized spacial score (nSPS) is 26.9. The van der Waals surface area contributed by atoms with Crippen molar-refractivity contribution >= 4 is 6.72 Å². The van der Waals surface area contributed by atoms with Crippen LogP contribution in [0.5, 0.6) is 0 Å². The molecule has 0 aliphatic carbocycles. The van der Waals surface area contributed by atoms with Crippen molar-refractivity contribution in [2.45, 2.75) is 12.5 Å². The van der Waals surface area contributed by atoms with Gasteiger partial charge in [-0.1, -0.05) is 0 Å². The van der Waals surface area contributed by atoms with Crippen molar-refractivity contribution in [3.8, 4) is 0 Å². The Morgan fingerprint density at radius 2 is 2.14 bits per heavy atom. The molecule has 0 spiro atoms. The summed E-state index contributed by atoms with van der Waals surface area (Å²) in [6.07, 6.45) is 0. The number of nitrogens with zero attached hydrogens (tertiary/aromatic N) is 1. The van der Waals surface area contributed by atoms with Gasteiger partial charge in [0.05, 0.1) is 0 Å². The van der Waals surface area contributed by atoms with Crippen LogP contribution in [-0.4, -0.2) is 35.1 Å². The molecule has 1 fully saturated rings. The van der Waals surface area contributed by atoms with Crippen LogP contribution >= 0.6 is 0 Å². The lowest BCUT2D eigenvalue weighted by molar-refractivity contribution is -0.621. The van der Waals surface area contributed by atoms with Gasteiger partial charge in [0.15, 0.2) is 18.7 Å². The predicted molar refractivity (Wildman–Crippen MR) is 27.7 cm³/mol. The summed E-state index contributed by atoms with van der Waals surface area (Å²) in [6.45, 7) is 6.86. The summed E-state index contributed by atoms with van der Waals surface area (Å²) >= 11 is 0. The van der Waals surface area contributed by atoms with E-state index in [0.717, 1.165) is 0 Å². The Kier molecular flexibility index (Phi) is 0.729. The molecule has 2 nitrogen and oxygen atoms in total. The first-order chi connectivity index (χ1) is 3.10.